The maximum atomic E-state index is 11.0. The van der Waals surface area contributed by atoms with Crippen molar-refractivity contribution in [3.63, 3.8) is 0 Å². The molecule has 0 N–H and O–H groups in total. The standard InChI is InChI=1S/C58H32N6/c59-31-37-27-47-49(29-45(37)57-61-53(35-15-3-1-4-16-35)43-25-23-33-13-7-9-19-39(33)55(43)63-57)51-41-21-11-12-22-42(41)52(47)50-30-46(38(32-60)28-48(50)51)58-62-54(36-17-5-2-6-18-36)44-26-24-34-14-8-10-20-40(34)56(44)64-58/h1-30,51-52H. The number of fused-ring (bicyclic) bond motifs is 6. The maximum Gasteiger partial charge on any atom is 0.161 e. The summed E-state index contributed by atoms with van der Waals surface area (Å²) in [5, 5.41) is 28.1. The van der Waals surface area contributed by atoms with Crippen LogP contribution in [0.5, 0.6) is 0 Å². The number of hydrogen-bond donors (Lipinski definition) is 0. The molecule has 3 aliphatic carbocycles. The largest absolute Gasteiger partial charge is 0.227 e. The lowest BCUT2D eigenvalue weighted by atomic mass is 9.60. The second-order valence-corrected chi connectivity index (χ2v) is 16.7. The fourth-order valence-electron chi connectivity index (χ4n) is 10.5. The van der Waals surface area contributed by atoms with Crippen molar-refractivity contribution < 1.29 is 0 Å². The minimum Gasteiger partial charge on any atom is -0.227 e. The second-order valence-electron chi connectivity index (χ2n) is 16.7. The summed E-state index contributed by atoms with van der Waals surface area (Å²) in [7, 11) is 0. The van der Waals surface area contributed by atoms with Gasteiger partial charge in [0.1, 0.15) is 0 Å². The first kappa shape index (κ1) is 35.9. The fourth-order valence-corrected chi connectivity index (χ4v) is 10.5. The van der Waals surface area contributed by atoms with Gasteiger partial charge >= 0.3 is 0 Å². The van der Waals surface area contributed by atoms with Crippen LogP contribution in [0.2, 0.25) is 0 Å². The molecule has 2 unspecified atom stereocenters. The predicted octanol–water partition coefficient (Wildman–Crippen LogP) is 13.3. The summed E-state index contributed by atoms with van der Waals surface area (Å²) in [6.45, 7) is 0. The summed E-state index contributed by atoms with van der Waals surface area (Å²) < 4.78 is 0. The molecule has 0 saturated carbocycles. The van der Waals surface area contributed by atoms with Gasteiger partial charge in [-0.2, -0.15) is 10.5 Å². The molecule has 3 aliphatic rings. The Morgan fingerprint density at radius 3 is 1.17 bits per heavy atom. The quantitative estimate of drug-likeness (QED) is 0.164. The van der Waals surface area contributed by atoms with Crippen molar-refractivity contribution >= 4 is 43.4 Å². The van der Waals surface area contributed by atoms with Crippen LogP contribution in [0.15, 0.2) is 182 Å². The van der Waals surface area contributed by atoms with Crippen molar-refractivity contribution in [1.29, 1.82) is 10.5 Å². The van der Waals surface area contributed by atoms with Crippen LogP contribution in [0.1, 0.15) is 56.3 Å². The SMILES string of the molecule is N#Cc1cc2c(cc1-c1nc(-c3ccccc3)c3ccc4ccccc4c3n1)C1c3ccccc3C2c2cc(-c3nc(-c4ccccc4)c4ccc5ccccc5c4n3)c(C#N)cc21. The summed E-state index contributed by atoms with van der Waals surface area (Å²) in [6.07, 6.45) is 0. The summed E-state index contributed by atoms with van der Waals surface area (Å²) >= 11 is 0. The first-order valence-corrected chi connectivity index (χ1v) is 21.4. The van der Waals surface area contributed by atoms with Gasteiger partial charge in [0.2, 0.25) is 0 Å². The Hall–Kier alpha value is -8.84. The minimum absolute atomic E-state index is 0.199. The fraction of sp³-hybridized carbons (Fsp3) is 0.0345. The van der Waals surface area contributed by atoms with E-state index in [-0.39, 0.29) is 11.8 Å². The van der Waals surface area contributed by atoms with E-state index < -0.39 is 0 Å². The van der Waals surface area contributed by atoms with Gasteiger partial charge in [-0.05, 0) is 80.6 Å². The molecule has 0 aliphatic heterocycles. The maximum absolute atomic E-state index is 11.0. The number of aromatic nitrogens is 4. The van der Waals surface area contributed by atoms with E-state index in [1.54, 1.807) is 0 Å². The third-order valence-corrected chi connectivity index (χ3v) is 13.3. The number of nitrogens with zero attached hydrogens (tertiary/aromatic N) is 6. The van der Waals surface area contributed by atoms with Crippen LogP contribution >= 0.6 is 0 Å². The number of rotatable bonds is 4. The smallest absolute Gasteiger partial charge is 0.161 e. The van der Waals surface area contributed by atoms with Crippen LogP contribution in [-0.4, -0.2) is 19.9 Å². The highest BCUT2D eigenvalue weighted by atomic mass is 14.9. The van der Waals surface area contributed by atoms with Crippen LogP contribution in [0.4, 0.5) is 0 Å². The molecule has 64 heavy (non-hydrogen) atoms. The van der Waals surface area contributed by atoms with Gasteiger partial charge in [-0.15, -0.1) is 0 Å². The lowest BCUT2D eigenvalue weighted by Gasteiger charge is -2.42. The summed E-state index contributed by atoms with van der Waals surface area (Å²) in [5.74, 6) is 0.602. The Morgan fingerprint density at radius 2 is 0.734 bits per heavy atom. The molecule has 9 aromatic carbocycles. The van der Waals surface area contributed by atoms with E-state index in [0.29, 0.717) is 33.9 Å². The molecule has 2 heterocycles. The lowest BCUT2D eigenvalue weighted by molar-refractivity contribution is 0.753. The summed E-state index contributed by atoms with van der Waals surface area (Å²) in [6, 6.07) is 67.5. The zero-order valence-corrected chi connectivity index (χ0v) is 34.2. The highest BCUT2D eigenvalue weighted by Gasteiger charge is 2.43. The van der Waals surface area contributed by atoms with Crippen LogP contribution in [0, 0.1) is 22.7 Å². The van der Waals surface area contributed by atoms with Crippen LogP contribution in [0.25, 0.3) is 88.6 Å². The molecule has 2 bridgehead atoms. The predicted molar refractivity (Wildman–Crippen MR) is 254 cm³/mol. The Labute approximate surface area is 368 Å². The molecular formula is C58H32N6. The van der Waals surface area contributed by atoms with Crippen LogP contribution < -0.4 is 0 Å². The molecule has 0 fully saturated rings. The van der Waals surface area contributed by atoms with Gasteiger partial charge in [-0.1, -0.05) is 146 Å². The molecule has 294 valence electrons. The van der Waals surface area contributed by atoms with Gasteiger partial charge in [0.25, 0.3) is 0 Å². The van der Waals surface area contributed by atoms with Crippen molar-refractivity contribution in [3.05, 3.63) is 226 Å². The van der Waals surface area contributed by atoms with Crippen LogP contribution in [-0.2, 0) is 0 Å². The van der Waals surface area contributed by atoms with Crippen molar-refractivity contribution in [2.24, 2.45) is 0 Å². The molecule has 14 rings (SSSR count). The molecule has 2 aromatic heterocycles. The van der Waals surface area contributed by atoms with Crippen LogP contribution in [0.3, 0.4) is 0 Å². The topological polar surface area (TPSA) is 99.1 Å². The molecule has 0 spiro atoms. The van der Waals surface area contributed by atoms with Crippen molar-refractivity contribution in [2.75, 3.05) is 0 Å². The molecule has 0 saturated heterocycles. The van der Waals surface area contributed by atoms with Gasteiger partial charge < -0.3 is 0 Å². The van der Waals surface area contributed by atoms with Gasteiger partial charge in [0.05, 0.1) is 45.7 Å². The molecular weight excluding hydrogens is 781 g/mol. The normalized spacial score (nSPS) is 14.5. The monoisotopic (exact) mass is 812 g/mol. The summed E-state index contributed by atoms with van der Waals surface area (Å²) in [5.41, 5.74) is 14.3. The van der Waals surface area contributed by atoms with E-state index in [2.05, 4.69) is 133 Å². The summed E-state index contributed by atoms with van der Waals surface area (Å²) in [4.78, 5) is 21.1. The van der Waals surface area contributed by atoms with E-state index >= 15 is 0 Å². The third-order valence-electron chi connectivity index (χ3n) is 13.3. The van der Waals surface area contributed by atoms with E-state index in [1.807, 2.05) is 60.7 Å². The van der Waals surface area contributed by atoms with Crippen molar-refractivity contribution in [3.8, 4) is 57.4 Å². The first-order valence-electron chi connectivity index (χ1n) is 21.4. The third kappa shape index (κ3) is 5.24. The van der Waals surface area contributed by atoms with Crippen molar-refractivity contribution in [2.45, 2.75) is 11.8 Å². The van der Waals surface area contributed by atoms with Gasteiger partial charge in [0.15, 0.2) is 11.6 Å². The number of benzene rings is 9. The van der Waals surface area contributed by atoms with Crippen molar-refractivity contribution in [1.82, 2.24) is 19.9 Å². The molecule has 0 radical (unpaired) electrons. The molecule has 6 nitrogen and oxygen atoms in total. The Kier molecular flexibility index (Phi) is 7.76. The molecule has 0 amide bonds. The second kappa shape index (κ2) is 13.8. The Morgan fingerprint density at radius 1 is 0.344 bits per heavy atom. The van der Waals surface area contributed by atoms with E-state index in [1.165, 1.54) is 11.1 Å². The van der Waals surface area contributed by atoms with E-state index in [9.17, 15) is 10.5 Å². The average Bonchev–Trinajstić information content (AvgIpc) is 3.37. The zero-order chi connectivity index (χ0) is 42.5. The van der Waals surface area contributed by atoms with E-state index in [4.69, 9.17) is 19.9 Å². The molecule has 11 aromatic rings. The first-order chi connectivity index (χ1) is 31.6. The van der Waals surface area contributed by atoms with Gasteiger partial charge in [0, 0.05) is 55.6 Å². The zero-order valence-electron chi connectivity index (χ0n) is 34.2. The molecule has 6 heteroatoms. The lowest BCUT2D eigenvalue weighted by Crippen LogP contribution is -2.28. The van der Waals surface area contributed by atoms with Gasteiger partial charge in [-0.3, -0.25) is 0 Å². The number of nitriles is 2. The highest BCUT2D eigenvalue weighted by Crippen LogP contribution is 2.57. The van der Waals surface area contributed by atoms with E-state index in [0.717, 1.165) is 88.1 Å². The number of hydrogen-bond acceptors (Lipinski definition) is 6. The van der Waals surface area contributed by atoms with Gasteiger partial charge in [-0.25, -0.2) is 19.9 Å². The average molecular weight is 813 g/mol. The Bertz CT molecular complexity index is 3630. The molecule has 2 atom stereocenters. The minimum atomic E-state index is -0.199. The Balaban J connectivity index is 1.04. The highest BCUT2D eigenvalue weighted by molar-refractivity contribution is 6.11.